The highest BCUT2D eigenvalue weighted by atomic mass is 16.2. The number of carbonyl (C=O) groups is 1. The summed E-state index contributed by atoms with van der Waals surface area (Å²) in [6.07, 6.45) is 3.15. The lowest BCUT2D eigenvalue weighted by Gasteiger charge is -2.26. The van der Waals surface area contributed by atoms with Crippen molar-refractivity contribution in [3.8, 4) is 6.07 Å². The molecule has 0 N–H and O–H groups in total. The average Bonchev–Trinajstić information content (AvgIpc) is 2.46. The highest BCUT2D eigenvalue weighted by Gasteiger charge is 2.19. The van der Waals surface area contributed by atoms with E-state index in [2.05, 4.69) is 5.10 Å². The van der Waals surface area contributed by atoms with Gasteiger partial charge in [0.05, 0.1) is 5.69 Å². The largest absolute Gasteiger partial charge is 0.341 e. The first-order valence-corrected chi connectivity index (χ1v) is 6.80. The molecule has 1 aliphatic rings. The summed E-state index contributed by atoms with van der Waals surface area (Å²) < 4.78 is 1.11. The number of rotatable bonds is 2. The fourth-order valence-corrected chi connectivity index (χ4v) is 2.38. The number of piperidine rings is 1. The number of nitriles is 1. The minimum atomic E-state index is -0.485. The van der Waals surface area contributed by atoms with Crippen LogP contribution in [-0.4, -0.2) is 33.7 Å². The molecule has 0 radical (unpaired) electrons. The molecule has 1 amide bonds. The summed E-state index contributed by atoms with van der Waals surface area (Å²) >= 11 is 0. The van der Waals surface area contributed by atoms with Crippen LogP contribution in [0.25, 0.3) is 0 Å². The van der Waals surface area contributed by atoms with E-state index in [0.717, 1.165) is 37.0 Å². The van der Waals surface area contributed by atoms with Crippen molar-refractivity contribution in [2.24, 2.45) is 0 Å². The molecule has 1 aromatic rings. The minimum Gasteiger partial charge on any atom is -0.341 e. The van der Waals surface area contributed by atoms with Gasteiger partial charge in [0.2, 0.25) is 5.91 Å². The lowest BCUT2D eigenvalue weighted by atomic mass is 10.1. The summed E-state index contributed by atoms with van der Waals surface area (Å²) in [4.78, 5) is 26.0. The van der Waals surface area contributed by atoms with Gasteiger partial charge in [-0.3, -0.25) is 9.59 Å². The van der Waals surface area contributed by atoms with Crippen LogP contribution in [0.15, 0.2) is 4.79 Å². The van der Waals surface area contributed by atoms with Crippen LogP contribution in [0.1, 0.15) is 36.1 Å². The quantitative estimate of drug-likeness (QED) is 0.797. The number of likely N-dealkylation sites (tertiary alicyclic amines) is 1. The van der Waals surface area contributed by atoms with Crippen LogP contribution >= 0.6 is 0 Å². The lowest BCUT2D eigenvalue weighted by Crippen LogP contribution is -2.40. The van der Waals surface area contributed by atoms with E-state index < -0.39 is 5.56 Å². The third-order valence-corrected chi connectivity index (χ3v) is 3.74. The molecule has 0 bridgehead atoms. The van der Waals surface area contributed by atoms with Gasteiger partial charge in [0.25, 0.3) is 5.56 Å². The lowest BCUT2D eigenvalue weighted by molar-refractivity contribution is -0.133. The van der Waals surface area contributed by atoms with Crippen molar-refractivity contribution in [1.82, 2.24) is 14.7 Å². The molecule has 2 rings (SSSR count). The van der Waals surface area contributed by atoms with Gasteiger partial charge in [-0.15, -0.1) is 0 Å². The van der Waals surface area contributed by atoms with Crippen LogP contribution in [0.2, 0.25) is 0 Å². The Morgan fingerprint density at radius 1 is 1.30 bits per heavy atom. The zero-order valence-corrected chi connectivity index (χ0v) is 11.8. The summed E-state index contributed by atoms with van der Waals surface area (Å²) in [5.74, 6) is -0.105. The van der Waals surface area contributed by atoms with Crippen molar-refractivity contribution in [3.05, 3.63) is 27.2 Å². The highest BCUT2D eigenvalue weighted by molar-refractivity contribution is 5.76. The van der Waals surface area contributed by atoms with Gasteiger partial charge >= 0.3 is 0 Å². The summed E-state index contributed by atoms with van der Waals surface area (Å²) in [6.45, 7) is 4.82. The van der Waals surface area contributed by atoms with Gasteiger partial charge in [0, 0.05) is 13.1 Å². The summed E-state index contributed by atoms with van der Waals surface area (Å²) in [5.41, 5.74) is 0.775. The Balaban J connectivity index is 2.26. The monoisotopic (exact) mass is 274 g/mol. The molecule has 0 saturated carbocycles. The van der Waals surface area contributed by atoms with Crippen LogP contribution in [0.5, 0.6) is 0 Å². The fraction of sp³-hybridized carbons (Fsp3) is 0.571. The third-order valence-electron chi connectivity index (χ3n) is 3.74. The molecule has 20 heavy (non-hydrogen) atoms. The maximum absolute atomic E-state index is 12.2. The summed E-state index contributed by atoms with van der Waals surface area (Å²) in [6, 6.07) is 1.90. The Morgan fingerprint density at radius 2 is 1.95 bits per heavy atom. The molecule has 1 aromatic heterocycles. The van der Waals surface area contributed by atoms with E-state index in [1.165, 1.54) is 0 Å². The first-order chi connectivity index (χ1) is 9.54. The maximum Gasteiger partial charge on any atom is 0.285 e. The maximum atomic E-state index is 12.2. The molecule has 0 aliphatic carbocycles. The molecule has 0 atom stereocenters. The summed E-state index contributed by atoms with van der Waals surface area (Å²) in [7, 11) is 0. The molecule has 6 nitrogen and oxygen atoms in total. The number of aryl methyl sites for hydroxylation is 1. The zero-order chi connectivity index (χ0) is 14.7. The minimum absolute atomic E-state index is 0.0731. The number of nitrogens with zero attached hydrogens (tertiary/aromatic N) is 4. The van der Waals surface area contributed by atoms with E-state index in [9.17, 15) is 9.59 Å². The number of hydrogen-bond acceptors (Lipinski definition) is 4. The smallest absolute Gasteiger partial charge is 0.285 e. The van der Waals surface area contributed by atoms with E-state index in [1.807, 2.05) is 6.07 Å². The standard InChI is InChI=1S/C14H18N4O2/c1-10-11(2)16-18(14(20)12(10)8-15)9-13(19)17-6-4-3-5-7-17/h3-7,9H2,1-2H3. The molecule has 2 heterocycles. The van der Waals surface area contributed by atoms with Gasteiger partial charge in [-0.05, 0) is 38.7 Å². The second kappa shape index (κ2) is 5.87. The van der Waals surface area contributed by atoms with Gasteiger partial charge in [-0.2, -0.15) is 10.4 Å². The number of amides is 1. The van der Waals surface area contributed by atoms with Crippen LogP contribution in [-0.2, 0) is 11.3 Å². The Bertz CT molecular complexity index is 621. The number of hydrogen-bond donors (Lipinski definition) is 0. The first-order valence-electron chi connectivity index (χ1n) is 6.80. The van der Waals surface area contributed by atoms with E-state index >= 15 is 0 Å². The van der Waals surface area contributed by atoms with Crippen molar-refractivity contribution in [2.75, 3.05) is 13.1 Å². The van der Waals surface area contributed by atoms with E-state index in [-0.39, 0.29) is 18.0 Å². The molecular weight excluding hydrogens is 256 g/mol. The van der Waals surface area contributed by atoms with Gasteiger partial charge in [0.1, 0.15) is 18.2 Å². The van der Waals surface area contributed by atoms with Crippen LogP contribution < -0.4 is 5.56 Å². The summed E-state index contributed by atoms with van der Waals surface area (Å²) in [5, 5.41) is 13.2. The van der Waals surface area contributed by atoms with Gasteiger partial charge in [-0.25, -0.2) is 4.68 Å². The Hall–Kier alpha value is -2.16. The van der Waals surface area contributed by atoms with E-state index in [1.54, 1.807) is 18.7 Å². The molecule has 0 aromatic carbocycles. The van der Waals surface area contributed by atoms with Crippen molar-refractivity contribution in [1.29, 1.82) is 5.26 Å². The van der Waals surface area contributed by atoms with Gasteiger partial charge < -0.3 is 4.90 Å². The van der Waals surface area contributed by atoms with Gasteiger partial charge in [0.15, 0.2) is 0 Å². The SMILES string of the molecule is Cc1nn(CC(=O)N2CCCCC2)c(=O)c(C#N)c1C. The molecule has 1 aliphatic heterocycles. The van der Waals surface area contributed by atoms with Crippen molar-refractivity contribution in [2.45, 2.75) is 39.7 Å². The van der Waals surface area contributed by atoms with E-state index in [0.29, 0.717) is 11.3 Å². The normalized spacial score (nSPS) is 14.9. The van der Waals surface area contributed by atoms with Crippen LogP contribution in [0, 0.1) is 25.2 Å². The van der Waals surface area contributed by atoms with Crippen molar-refractivity contribution >= 4 is 5.91 Å². The average molecular weight is 274 g/mol. The van der Waals surface area contributed by atoms with Crippen LogP contribution in [0.4, 0.5) is 0 Å². The Labute approximate surface area is 117 Å². The van der Waals surface area contributed by atoms with Crippen molar-refractivity contribution in [3.63, 3.8) is 0 Å². The third kappa shape index (κ3) is 2.72. The number of aromatic nitrogens is 2. The zero-order valence-electron chi connectivity index (χ0n) is 11.8. The molecule has 106 valence electrons. The molecule has 1 saturated heterocycles. The number of carbonyl (C=O) groups excluding carboxylic acids is 1. The predicted octanol–water partition coefficient (Wildman–Crippen LogP) is 0.744. The second-order valence-corrected chi connectivity index (χ2v) is 5.10. The molecule has 0 spiro atoms. The second-order valence-electron chi connectivity index (χ2n) is 5.10. The molecular formula is C14H18N4O2. The predicted molar refractivity (Wildman–Crippen MR) is 73.1 cm³/mol. The Morgan fingerprint density at radius 3 is 2.55 bits per heavy atom. The fourth-order valence-electron chi connectivity index (χ4n) is 2.38. The Kier molecular flexibility index (Phi) is 4.18. The molecule has 6 heteroatoms. The van der Waals surface area contributed by atoms with Crippen LogP contribution in [0.3, 0.4) is 0 Å². The van der Waals surface area contributed by atoms with Crippen molar-refractivity contribution < 1.29 is 4.79 Å². The topological polar surface area (TPSA) is 79.0 Å². The highest BCUT2D eigenvalue weighted by Crippen LogP contribution is 2.09. The van der Waals surface area contributed by atoms with E-state index in [4.69, 9.17) is 5.26 Å². The first kappa shape index (κ1) is 14.3. The van der Waals surface area contributed by atoms with Gasteiger partial charge in [-0.1, -0.05) is 0 Å². The molecule has 1 fully saturated rings. The molecule has 0 unspecified atom stereocenters.